The number of rotatable bonds is 3. The van der Waals surface area contributed by atoms with E-state index in [0.717, 1.165) is 0 Å². The third-order valence-electron chi connectivity index (χ3n) is 1.56. The monoisotopic (exact) mass is 246 g/mol. The topological polar surface area (TPSA) is 26.3 Å². The molecule has 1 aromatic rings. The van der Waals surface area contributed by atoms with E-state index in [0.29, 0.717) is 5.56 Å². The lowest BCUT2D eigenvalue weighted by Crippen LogP contribution is -1.95. The molecule has 0 aliphatic carbocycles. The molecule has 0 N–H and O–H groups in total. The third kappa shape index (κ3) is 2.81. The number of ether oxygens (including phenoxy) is 1. The van der Waals surface area contributed by atoms with Gasteiger partial charge in [-0.25, -0.2) is 4.39 Å². The molecule has 0 unspecified atom stereocenters. The van der Waals surface area contributed by atoms with Gasteiger partial charge in [-0.1, -0.05) is 6.07 Å². The minimum Gasteiger partial charge on any atom is -0.494 e. The van der Waals surface area contributed by atoms with Crippen LogP contribution in [0.15, 0.2) is 18.2 Å². The molecule has 0 radical (unpaired) electrons. The lowest BCUT2D eigenvalue weighted by Gasteiger charge is -2.02. The third-order valence-corrected chi connectivity index (χ3v) is 1.84. The van der Waals surface area contributed by atoms with E-state index in [1.165, 1.54) is 19.2 Å². The molecule has 0 aliphatic rings. The highest BCUT2D eigenvalue weighted by molar-refractivity contribution is 9.18. The lowest BCUT2D eigenvalue weighted by molar-refractivity contribution is -0.109. The Bertz CT molecular complexity index is 325. The summed E-state index contributed by atoms with van der Waals surface area (Å²) in [5.74, 6) is -0.264. The van der Waals surface area contributed by atoms with Crippen LogP contribution in [0.1, 0.15) is 5.56 Å². The summed E-state index contributed by atoms with van der Waals surface area (Å²) in [5, 5.41) is 0. The van der Waals surface area contributed by atoms with Gasteiger partial charge in [-0.3, -0.25) is 4.79 Å². The van der Waals surface area contributed by atoms with Crippen LogP contribution in [-0.4, -0.2) is 11.8 Å². The summed E-state index contributed by atoms with van der Waals surface area (Å²) in [6, 6.07) is 4.44. The SMILES string of the molecule is COc1ccc(CC(=O)Br)cc1F. The van der Waals surface area contributed by atoms with Gasteiger partial charge in [-0.2, -0.15) is 0 Å². The van der Waals surface area contributed by atoms with Crippen molar-refractivity contribution < 1.29 is 13.9 Å². The minimum absolute atomic E-state index is 0.169. The zero-order chi connectivity index (χ0) is 9.84. The Balaban J connectivity index is 2.89. The molecule has 1 rings (SSSR count). The first-order valence-electron chi connectivity index (χ1n) is 3.64. The first kappa shape index (κ1) is 10.2. The fourth-order valence-electron chi connectivity index (χ4n) is 0.980. The summed E-state index contributed by atoms with van der Waals surface area (Å²) in [4.78, 5) is 10.6. The van der Waals surface area contributed by atoms with Crippen molar-refractivity contribution in [2.45, 2.75) is 6.42 Å². The van der Waals surface area contributed by atoms with Crippen LogP contribution in [0.2, 0.25) is 0 Å². The van der Waals surface area contributed by atoms with Crippen molar-refractivity contribution in [2.75, 3.05) is 7.11 Å². The molecule has 0 fully saturated rings. The summed E-state index contributed by atoms with van der Waals surface area (Å²) in [5.41, 5.74) is 0.625. The van der Waals surface area contributed by atoms with Gasteiger partial charge in [0.2, 0.25) is 4.69 Å². The smallest absolute Gasteiger partial charge is 0.202 e. The van der Waals surface area contributed by atoms with Crippen LogP contribution in [0.25, 0.3) is 0 Å². The van der Waals surface area contributed by atoms with Crippen molar-refractivity contribution >= 4 is 20.6 Å². The second-order valence-electron chi connectivity index (χ2n) is 2.50. The van der Waals surface area contributed by atoms with Crippen LogP contribution in [0, 0.1) is 5.82 Å². The van der Waals surface area contributed by atoms with E-state index in [9.17, 15) is 9.18 Å². The first-order chi connectivity index (χ1) is 6.13. The van der Waals surface area contributed by atoms with Gasteiger partial charge in [-0.15, -0.1) is 0 Å². The molecular formula is C9H8BrFO2. The van der Waals surface area contributed by atoms with E-state index in [1.54, 1.807) is 6.07 Å². The van der Waals surface area contributed by atoms with E-state index < -0.39 is 5.82 Å². The highest BCUT2D eigenvalue weighted by Crippen LogP contribution is 2.18. The Kier molecular flexibility index (Phi) is 3.42. The molecule has 0 bridgehead atoms. The molecule has 70 valence electrons. The summed E-state index contributed by atoms with van der Waals surface area (Å²) >= 11 is 2.78. The van der Waals surface area contributed by atoms with Crippen LogP contribution in [-0.2, 0) is 11.2 Å². The number of carbonyl (C=O) groups excluding carboxylic acids is 1. The average molecular weight is 247 g/mol. The number of methoxy groups -OCH3 is 1. The van der Waals surface area contributed by atoms with Crippen LogP contribution in [0.3, 0.4) is 0 Å². The largest absolute Gasteiger partial charge is 0.494 e. The quantitative estimate of drug-likeness (QED) is 0.766. The predicted octanol–water partition coefficient (Wildman–Crippen LogP) is 2.30. The molecular weight excluding hydrogens is 239 g/mol. The van der Waals surface area contributed by atoms with Crippen LogP contribution < -0.4 is 4.74 Å². The van der Waals surface area contributed by atoms with Crippen LogP contribution in [0.5, 0.6) is 5.75 Å². The van der Waals surface area contributed by atoms with Gasteiger partial charge in [0.15, 0.2) is 11.6 Å². The van der Waals surface area contributed by atoms with E-state index >= 15 is 0 Å². The highest BCUT2D eigenvalue weighted by atomic mass is 79.9. The molecule has 0 atom stereocenters. The zero-order valence-corrected chi connectivity index (χ0v) is 8.60. The second-order valence-corrected chi connectivity index (χ2v) is 3.39. The maximum absolute atomic E-state index is 13.0. The highest BCUT2D eigenvalue weighted by Gasteiger charge is 2.05. The number of halogens is 2. The van der Waals surface area contributed by atoms with Gasteiger partial charge in [0.05, 0.1) is 7.11 Å². The Morgan fingerprint density at radius 1 is 1.62 bits per heavy atom. The minimum atomic E-state index is -0.450. The molecule has 0 spiro atoms. The van der Waals surface area contributed by atoms with Crippen LogP contribution >= 0.6 is 15.9 Å². The molecule has 0 aromatic heterocycles. The van der Waals surface area contributed by atoms with Crippen molar-refractivity contribution in [3.05, 3.63) is 29.6 Å². The van der Waals surface area contributed by atoms with Gasteiger partial charge in [0, 0.05) is 6.42 Å². The van der Waals surface area contributed by atoms with E-state index in [4.69, 9.17) is 4.74 Å². The number of hydrogen-bond acceptors (Lipinski definition) is 2. The molecule has 0 heterocycles. The maximum atomic E-state index is 13.0. The van der Waals surface area contributed by atoms with E-state index in [2.05, 4.69) is 15.9 Å². The average Bonchev–Trinajstić information content (AvgIpc) is 2.03. The molecule has 0 aliphatic heterocycles. The fourth-order valence-corrected chi connectivity index (χ4v) is 1.30. The zero-order valence-electron chi connectivity index (χ0n) is 7.01. The van der Waals surface area contributed by atoms with Crippen molar-refractivity contribution in [3.63, 3.8) is 0 Å². The van der Waals surface area contributed by atoms with Gasteiger partial charge in [0.1, 0.15) is 0 Å². The van der Waals surface area contributed by atoms with Gasteiger partial charge in [-0.05, 0) is 33.6 Å². The molecule has 1 aromatic carbocycles. The fraction of sp³-hybridized carbons (Fsp3) is 0.222. The van der Waals surface area contributed by atoms with Crippen molar-refractivity contribution in [1.82, 2.24) is 0 Å². The van der Waals surface area contributed by atoms with E-state index in [1.807, 2.05) is 0 Å². The maximum Gasteiger partial charge on any atom is 0.202 e. The van der Waals surface area contributed by atoms with Crippen LogP contribution in [0.4, 0.5) is 4.39 Å². The Labute approximate surface area is 83.8 Å². The summed E-state index contributed by atoms with van der Waals surface area (Å²) in [6.45, 7) is 0. The Morgan fingerprint density at radius 3 is 2.77 bits per heavy atom. The normalized spacial score (nSPS) is 9.77. The Morgan fingerprint density at radius 2 is 2.31 bits per heavy atom. The Hall–Kier alpha value is -0.900. The summed E-state index contributed by atoms with van der Waals surface area (Å²) in [6.07, 6.45) is 0.181. The molecule has 0 saturated carbocycles. The van der Waals surface area contributed by atoms with Crippen molar-refractivity contribution in [2.24, 2.45) is 0 Å². The van der Waals surface area contributed by atoms with Gasteiger partial charge < -0.3 is 4.74 Å². The molecule has 4 heteroatoms. The molecule has 0 amide bonds. The number of hydrogen-bond donors (Lipinski definition) is 0. The standard InChI is InChI=1S/C9H8BrFO2/c1-13-8-3-2-6(4-7(8)11)5-9(10)12/h2-4H,5H2,1H3. The number of carbonyl (C=O) groups is 1. The van der Waals surface area contributed by atoms with Gasteiger partial charge in [0.25, 0.3) is 0 Å². The van der Waals surface area contributed by atoms with Gasteiger partial charge >= 0.3 is 0 Å². The lowest BCUT2D eigenvalue weighted by atomic mass is 10.1. The molecule has 13 heavy (non-hydrogen) atoms. The molecule has 0 saturated heterocycles. The van der Waals surface area contributed by atoms with Crippen molar-refractivity contribution in [3.8, 4) is 5.75 Å². The second kappa shape index (κ2) is 4.37. The first-order valence-corrected chi connectivity index (χ1v) is 4.43. The summed E-state index contributed by atoms with van der Waals surface area (Å²) in [7, 11) is 1.40. The van der Waals surface area contributed by atoms with Crippen molar-refractivity contribution in [1.29, 1.82) is 0 Å². The summed E-state index contributed by atoms with van der Waals surface area (Å²) < 4.78 is 17.6. The number of benzene rings is 1. The predicted molar refractivity (Wildman–Crippen MR) is 50.6 cm³/mol. The molecule has 2 nitrogen and oxygen atoms in total. The van der Waals surface area contributed by atoms with E-state index in [-0.39, 0.29) is 16.9 Å².